The standard InChI is InChI=1S/C17H17ClFN5O3.CH4O/c1-22-16(25)15-11-9-23(5-4-14(11)21-24(15)6-7-27-22)17(26)20-10-2-3-13(19)12(18)8-10;1-2/h2-3,8H,4-7,9H2,1H3,(H,20,26);2H,1H3. The number of carbonyl (C=O) groups is 2. The number of aromatic nitrogens is 2. The summed E-state index contributed by atoms with van der Waals surface area (Å²) in [5.74, 6) is -0.835. The Morgan fingerprint density at radius 3 is 2.83 bits per heavy atom. The third-order valence-electron chi connectivity index (χ3n) is 4.64. The van der Waals surface area contributed by atoms with E-state index in [1.165, 1.54) is 23.3 Å². The number of rotatable bonds is 1. The molecule has 1 aromatic heterocycles. The second kappa shape index (κ2) is 8.76. The van der Waals surface area contributed by atoms with Gasteiger partial charge in [-0.25, -0.2) is 14.2 Å². The van der Waals surface area contributed by atoms with Gasteiger partial charge in [-0.2, -0.15) is 5.10 Å². The molecule has 3 amide bonds. The molecule has 3 heterocycles. The van der Waals surface area contributed by atoms with Crippen molar-refractivity contribution in [2.45, 2.75) is 19.5 Å². The zero-order valence-corrected chi connectivity index (χ0v) is 16.7. The maximum absolute atomic E-state index is 13.3. The van der Waals surface area contributed by atoms with Crippen molar-refractivity contribution in [3.8, 4) is 0 Å². The molecule has 0 fully saturated rings. The summed E-state index contributed by atoms with van der Waals surface area (Å²) in [6.45, 7) is 1.54. The fraction of sp³-hybridized carbons (Fsp3) is 0.389. The number of fused-ring (bicyclic) bond motifs is 3. The van der Waals surface area contributed by atoms with Crippen molar-refractivity contribution >= 4 is 29.2 Å². The molecule has 0 spiro atoms. The van der Waals surface area contributed by atoms with Crippen molar-refractivity contribution in [3.05, 3.63) is 46.0 Å². The second-order valence-corrected chi connectivity index (χ2v) is 6.77. The number of hydrogen-bond acceptors (Lipinski definition) is 5. The first kappa shape index (κ1) is 21.0. The summed E-state index contributed by atoms with van der Waals surface area (Å²) >= 11 is 5.76. The summed E-state index contributed by atoms with van der Waals surface area (Å²) < 4.78 is 14.9. The first-order valence-electron chi connectivity index (χ1n) is 8.89. The van der Waals surface area contributed by atoms with E-state index < -0.39 is 5.82 Å². The molecule has 4 rings (SSSR count). The van der Waals surface area contributed by atoms with Gasteiger partial charge in [0, 0.05) is 38.4 Å². The van der Waals surface area contributed by atoms with Crippen molar-refractivity contribution in [3.63, 3.8) is 0 Å². The highest BCUT2D eigenvalue weighted by molar-refractivity contribution is 6.31. The van der Waals surface area contributed by atoms with Gasteiger partial charge >= 0.3 is 6.03 Å². The lowest BCUT2D eigenvalue weighted by atomic mass is 10.1. The van der Waals surface area contributed by atoms with E-state index in [-0.39, 0.29) is 23.5 Å². The summed E-state index contributed by atoms with van der Waals surface area (Å²) in [7, 11) is 2.56. The molecule has 2 N–H and O–H groups in total. The van der Waals surface area contributed by atoms with E-state index >= 15 is 0 Å². The summed E-state index contributed by atoms with van der Waals surface area (Å²) in [5, 5.41) is 15.3. The minimum absolute atomic E-state index is 0.0654. The summed E-state index contributed by atoms with van der Waals surface area (Å²) in [6.07, 6.45) is 0.546. The lowest BCUT2D eigenvalue weighted by Gasteiger charge is -2.27. The van der Waals surface area contributed by atoms with Crippen LogP contribution in [0.1, 0.15) is 21.7 Å². The van der Waals surface area contributed by atoms with Gasteiger partial charge in [-0.05, 0) is 18.2 Å². The third-order valence-corrected chi connectivity index (χ3v) is 4.93. The number of aliphatic hydroxyl groups excluding tert-OH is 1. The predicted molar refractivity (Wildman–Crippen MR) is 103 cm³/mol. The van der Waals surface area contributed by atoms with Crippen LogP contribution in [0.15, 0.2) is 18.2 Å². The fourth-order valence-electron chi connectivity index (χ4n) is 3.25. The van der Waals surface area contributed by atoms with Gasteiger partial charge < -0.3 is 15.3 Å². The molecule has 156 valence electrons. The van der Waals surface area contributed by atoms with Gasteiger partial charge in [0.25, 0.3) is 5.91 Å². The number of aliphatic hydroxyl groups is 1. The second-order valence-electron chi connectivity index (χ2n) is 6.36. The Kier molecular flexibility index (Phi) is 6.36. The predicted octanol–water partition coefficient (Wildman–Crippen LogP) is 1.89. The van der Waals surface area contributed by atoms with Crippen LogP contribution in [0.2, 0.25) is 5.02 Å². The molecular weight excluding hydrogens is 405 g/mol. The number of carbonyl (C=O) groups excluding carboxylic acids is 2. The Balaban J connectivity index is 0.00000117. The third kappa shape index (κ3) is 4.19. The molecule has 0 unspecified atom stereocenters. The molecule has 2 aliphatic rings. The minimum Gasteiger partial charge on any atom is -0.400 e. The van der Waals surface area contributed by atoms with Crippen LogP contribution in [0.5, 0.6) is 0 Å². The highest BCUT2D eigenvalue weighted by Gasteiger charge is 2.33. The van der Waals surface area contributed by atoms with E-state index in [4.69, 9.17) is 21.5 Å². The van der Waals surface area contributed by atoms with Gasteiger partial charge in [0.05, 0.1) is 30.4 Å². The Morgan fingerprint density at radius 1 is 1.34 bits per heavy atom. The lowest BCUT2D eigenvalue weighted by molar-refractivity contribution is -0.103. The number of benzene rings is 1. The zero-order chi connectivity index (χ0) is 21.1. The highest BCUT2D eigenvalue weighted by atomic mass is 35.5. The molecule has 2 aliphatic heterocycles. The number of halogens is 2. The van der Waals surface area contributed by atoms with Crippen LogP contribution >= 0.6 is 11.6 Å². The van der Waals surface area contributed by atoms with Crippen LogP contribution in [0.25, 0.3) is 0 Å². The molecule has 0 saturated carbocycles. The summed E-state index contributed by atoms with van der Waals surface area (Å²) in [6, 6.07) is 3.63. The van der Waals surface area contributed by atoms with Gasteiger partial charge in [0.15, 0.2) is 0 Å². The van der Waals surface area contributed by atoms with Gasteiger partial charge in [0.1, 0.15) is 11.5 Å². The van der Waals surface area contributed by atoms with Crippen molar-refractivity contribution in [1.82, 2.24) is 19.7 Å². The number of nitrogens with one attached hydrogen (secondary N) is 1. The average Bonchev–Trinajstić information content (AvgIpc) is 3.02. The van der Waals surface area contributed by atoms with Gasteiger partial charge in [-0.15, -0.1) is 0 Å². The molecule has 0 bridgehead atoms. The molecule has 2 aromatic rings. The molecule has 0 atom stereocenters. The van der Waals surface area contributed by atoms with Crippen molar-refractivity contribution < 1.29 is 23.9 Å². The molecular formula is C18H21ClFN5O4. The molecule has 1 aromatic carbocycles. The first-order chi connectivity index (χ1) is 13.9. The van der Waals surface area contributed by atoms with Crippen LogP contribution in [0.4, 0.5) is 14.9 Å². The zero-order valence-electron chi connectivity index (χ0n) is 16.0. The minimum atomic E-state index is -0.551. The van der Waals surface area contributed by atoms with Gasteiger partial charge in [0.2, 0.25) is 0 Å². The van der Waals surface area contributed by atoms with Crippen LogP contribution in [0, 0.1) is 5.82 Å². The number of hydroxylamine groups is 2. The number of anilines is 1. The van der Waals surface area contributed by atoms with E-state index in [1.54, 1.807) is 16.6 Å². The number of urea groups is 1. The first-order valence-corrected chi connectivity index (χ1v) is 9.27. The number of amides is 3. The average molecular weight is 426 g/mol. The van der Waals surface area contributed by atoms with Crippen LogP contribution in [0.3, 0.4) is 0 Å². The Hall–Kier alpha value is -2.69. The van der Waals surface area contributed by atoms with E-state index in [0.29, 0.717) is 37.5 Å². The van der Waals surface area contributed by atoms with Crippen molar-refractivity contribution in [2.75, 3.05) is 32.6 Å². The van der Waals surface area contributed by atoms with E-state index in [0.717, 1.165) is 18.4 Å². The molecule has 29 heavy (non-hydrogen) atoms. The molecule has 0 aliphatic carbocycles. The van der Waals surface area contributed by atoms with Crippen LogP contribution in [-0.2, 0) is 24.3 Å². The monoisotopic (exact) mass is 425 g/mol. The van der Waals surface area contributed by atoms with Crippen LogP contribution in [-0.4, -0.2) is 64.1 Å². The van der Waals surface area contributed by atoms with Crippen molar-refractivity contribution in [1.29, 1.82) is 0 Å². The van der Waals surface area contributed by atoms with Gasteiger partial charge in [-0.1, -0.05) is 11.6 Å². The maximum atomic E-state index is 13.3. The molecule has 9 nitrogen and oxygen atoms in total. The van der Waals surface area contributed by atoms with E-state index in [1.807, 2.05) is 0 Å². The number of nitrogens with zero attached hydrogens (tertiary/aromatic N) is 4. The normalized spacial score (nSPS) is 15.7. The fourth-order valence-corrected chi connectivity index (χ4v) is 3.43. The highest BCUT2D eigenvalue weighted by Crippen LogP contribution is 2.26. The molecule has 0 radical (unpaired) electrons. The summed E-state index contributed by atoms with van der Waals surface area (Å²) in [4.78, 5) is 32.1. The quantitative estimate of drug-likeness (QED) is 0.726. The van der Waals surface area contributed by atoms with Gasteiger partial charge in [-0.3, -0.25) is 14.3 Å². The van der Waals surface area contributed by atoms with Crippen molar-refractivity contribution in [2.24, 2.45) is 0 Å². The maximum Gasteiger partial charge on any atom is 0.322 e. The largest absolute Gasteiger partial charge is 0.400 e. The van der Waals surface area contributed by atoms with E-state index in [2.05, 4.69) is 10.4 Å². The molecule has 0 saturated heterocycles. The number of hydrogen-bond donors (Lipinski definition) is 2. The Morgan fingerprint density at radius 2 is 2.10 bits per heavy atom. The van der Waals surface area contributed by atoms with Crippen LogP contribution < -0.4 is 5.32 Å². The lowest BCUT2D eigenvalue weighted by Crippen LogP contribution is -2.39. The van der Waals surface area contributed by atoms with E-state index in [9.17, 15) is 14.0 Å². The molecule has 11 heteroatoms. The summed E-state index contributed by atoms with van der Waals surface area (Å²) in [5.41, 5.74) is 2.40. The Bertz CT molecular complexity index is 935. The Labute approximate surface area is 171 Å². The SMILES string of the molecule is CN1OCCn2nc3c(c2C1=O)CN(C(=O)Nc1ccc(F)c(Cl)c1)CC3.CO. The smallest absolute Gasteiger partial charge is 0.322 e. The topological polar surface area (TPSA) is 99.9 Å².